The summed E-state index contributed by atoms with van der Waals surface area (Å²) in [6, 6.07) is 7.34. The summed E-state index contributed by atoms with van der Waals surface area (Å²) in [6.07, 6.45) is 1.48. The molecule has 2 heterocycles. The number of aryl methyl sites for hydroxylation is 1. The largest absolute Gasteiger partial charge is 0.460 e. The number of hydrogen-bond acceptors (Lipinski definition) is 8. The minimum atomic E-state index is -2.31. The van der Waals surface area contributed by atoms with Gasteiger partial charge in [-0.3, -0.25) is 19.2 Å². The monoisotopic (exact) mass is 605 g/mol. The Morgan fingerprint density at radius 3 is 2.52 bits per heavy atom. The van der Waals surface area contributed by atoms with Gasteiger partial charge in [0.15, 0.2) is 5.78 Å². The van der Waals surface area contributed by atoms with Crippen LogP contribution in [0.4, 0.5) is 0 Å². The molecule has 1 aromatic rings. The lowest BCUT2D eigenvalue weighted by molar-refractivity contribution is -0.437. The second kappa shape index (κ2) is 9.81. The fraction of sp³-hybridized carbons (Fsp3) is 0.657. The van der Waals surface area contributed by atoms with Gasteiger partial charge in [0.2, 0.25) is 5.79 Å². The molecule has 1 aromatic carbocycles. The van der Waals surface area contributed by atoms with E-state index in [1.165, 1.54) is 0 Å². The predicted octanol–water partition coefficient (Wildman–Crippen LogP) is 3.43. The number of rotatable bonds is 4. The highest BCUT2D eigenvalue weighted by Gasteiger charge is 2.88. The first kappa shape index (κ1) is 29.8. The lowest BCUT2D eigenvalue weighted by Crippen LogP contribution is -2.85. The molecule has 2 spiro atoms. The minimum Gasteiger partial charge on any atom is -0.460 e. The molecule has 7 fully saturated rings. The van der Waals surface area contributed by atoms with E-state index < -0.39 is 69.7 Å². The van der Waals surface area contributed by atoms with Crippen LogP contribution in [0, 0.1) is 46.8 Å². The molecule has 5 saturated carbocycles. The van der Waals surface area contributed by atoms with E-state index in [4.69, 9.17) is 9.47 Å². The Kier molecular flexibility index (Phi) is 6.65. The molecule has 9 heteroatoms. The highest BCUT2D eigenvalue weighted by atomic mass is 16.6. The molecule has 236 valence electrons. The highest BCUT2D eigenvalue weighted by molar-refractivity contribution is 6.06. The lowest BCUT2D eigenvalue weighted by Gasteiger charge is -2.73. The normalized spacial score (nSPS) is 43.7. The Labute approximate surface area is 257 Å². The summed E-state index contributed by atoms with van der Waals surface area (Å²) < 4.78 is 12.3. The number of carbonyl (C=O) groups excluding carboxylic acids is 4. The van der Waals surface area contributed by atoms with E-state index in [9.17, 15) is 29.4 Å². The SMILES string of the molecule is C=C1C(=O)[C@]23[C@H](OC(=O)C4CCC(NC(=O)c5cccc(C)c5)CC4)[C@H]1CC[C@H]2[C@@]12CO[C@]3(O)[C@@H](O)[C@@H]1C(C)(C)CCC2=O. The summed E-state index contributed by atoms with van der Waals surface area (Å²) >= 11 is 0. The van der Waals surface area contributed by atoms with Crippen LogP contribution in [0.25, 0.3) is 0 Å². The van der Waals surface area contributed by atoms with Gasteiger partial charge in [0.05, 0.1) is 17.9 Å². The number of aliphatic hydroxyl groups is 2. The Morgan fingerprint density at radius 1 is 1.09 bits per heavy atom. The third-order valence-corrected chi connectivity index (χ3v) is 12.5. The maximum atomic E-state index is 14.3. The number of esters is 1. The number of Topliss-reactive ketones (excluding diaryl/α,β-unsaturated/α-hetero) is 2. The van der Waals surface area contributed by atoms with Gasteiger partial charge in [-0.15, -0.1) is 0 Å². The molecule has 3 N–H and O–H groups in total. The smallest absolute Gasteiger partial charge is 0.309 e. The van der Waals surface area contributed by atoms with Gasteiger partial charge in [0.1, 0.15) is 23.4 Å². The number of ether oxygens (including phenoxy) is 2. The first-order chi connectivity index (χ1) is 20.8. The first-order valence-corrected chi connectivity index (χ1v) is 16.2. The topological polar surface area (TPSA) is 139 Å². The number of aliphatic hydroxyl groups excluding tert-OH is 1. The molecule has 7 aliphatic rings. The number of carbonyl (C=O) groups is 4. The molecule has 0 unspecified atom stereocenters. The maximum absolute atomic E-state index is 14.3. The average Bonchev–Trinajstić information content (AvgIpc) is 3.10. The van der Waals surface area contributed by atoms with E-state index in [0.29, 0.717) is 56.9 Å². The second-order valence-corrected chi connectivity index (χ2v) is 15.1. The van der Waals surface area contributed by atoms with Crippen molar-refractivity contribution >= 4 is 23.4 Å². The fourth-order valence-electron chi connectivity index (χ4n) is 10.5. The molecule has 0 aromatic heterocycles. The van der Waals surface area contributed by atoms with Crippen molar-refractivity contribution in [1.29, 1.82) is 0 Å². The zero-order valence-electron chi connectivity index (χ0n) is 25.8. The second-order valence-electron chi connectivity index (χ2n) is 15.1. The number of benzene rings is 1. The van der Waals surface area contributed by atoms with Crippen molar-refractivity contribution in [2.75, 3.05) is 6.61 Å². The first-order valence-electron chi connectivity index (χ1n) is 16.2. The summed E-state index contributed by atoms with van der Waals surface area (Å²) in [6.45, 7) is 9.96. The maximum Gasteiger partial charge on any atom is 0.309 e. The van der Waals surface area contributed by atoms with Gasteiger partial charge in [-0.2, -0.15) is 0 Å². The standard InChI is InChI=1S/C35H43NO8/c1-18-6-5-7-21(16-18)30(40)36-22-10-8-20(9-11-22)31(41)44-29-23-12-13-24-33-17-43-35(42,34(24,29)27(38)19(23)2)28(39)26(33)32(3,4)15-14-25(33)37/h5-7,16,20,22-24,26,28-29,39,42H,2,8-15,17H2,1,3-4H3,(H,36,40)/t20?,22?,23-,24-,26+,28-,29+,33+,34-,35+/m0/s1. The summed E-state index contributed by atoms with van der Waals surface area (Å²) in [5.41, 5.74) is -1.55. The molecular formula is C35H43NO8. The molecule has 5 aliphatic carbocycles. The molecule has 9 nitrogen and oxygen atoms in total. The van der Waals surface area contributed by atoms with Crippen molar-refractivity contribution < 1.29 is 38.9 Å². The Hall–Kier alpha value is -2.88. The van der Waals surface area contributed by atoms with Crippen LogP contribution in [0.3, 0.4) is 0 Å². The number of nitrogens with one attached hydrogen (secondary N) is 1. The average molecular weight is 606 g/mol. The molecule has 8 atom stereocenters. The van der Waals surface area contributed by atoms with Crippen LogP contribution >= 0.6 is 0 Å². The number of hydrogen-bond donors (Lipinski definition) is 3. The van der Waals surface area contributed by atoms with E-state index in [1.807, 2.05) is 39.0 Å². The highest BCUT2D eigenvalue weighted by Crippen LogP contribution is 2.76. The van der Waals surface area contributed by atoms with Gasteiger partial charge in [0, 0.05) is 29.9 Å². The Morgan fingerprint density at radius 2 is 1.82 bits per heavy atom. The van der Waals surface area contributed by atoms with Crippen molar-refractivity contribution in [3.05, 3.63) is 47.5 Å². The van der Waals surface area contributed by atoms with Crippen LogP contribution < -0.4 is 5.32 Å². The van der Waals surface area contributed by atoms with E-state index >= 15 is 0 Å². The summed E-state index contributed by atoms with van der Waals surface area (Å²) in [5, 5.41) is 27.3. The third kappa shape index (κ3) is 3.69. The number of fused-ring (bicyclic) bond motifs is 2. The molecule has 4 bridgehead atoms. The summed E-state index contributed by atoms with van der Waals surface area (Å²) in [5.74, 6) is -5.61. The van der Waals surface area contributed by atoms with Crippen LogP contribution in [-0.4, -0.2) is 64.3 Å². The molecule has 8 rings (SSSR count). The molecular weight excluding hydrogens is 562 g/mol. The quantitative estimate of drug-likeness (QED) is 0.351. The lowest BCUT2D eigenvalue weighted by atomic mass is 9.36. The van der Waals surface area contributed by atoms with Crippen molar-refractivity contribution in [2.24, 2.45) is 39.9 Å². The van der Waals surface area contributed by atoms with Gasteiger partial charge >= 0.3 is 5.97 Å². The van der Waals surface area contributed by atoms with Crippen LogP contribution in [0.1, 0.15) is 81.1 Å². The Balaban J connectivity index is 1.14. The van der Waals surface area contributed by atoms with Gasteiger partial charge in [-0.1, -0.05) is 38.1 Å². The minimum absolute atomic E-state index is 0.0492. The van der Waals surface area contributed by atoms with Crippen LogP contribution in [0.2, 0.25) is 0 Å². The fourth-order valence-corrected chi connectivity index (χ4v) is 10.5. The number of amides is 1. The van der Waals surface area contributed by atoms with Crippen LogP contribution in [0.15, 0.2) is 36.4 Å². The zero-order valence-corrected chi connectivity index (χ0v) is 25.8. The Bertz CT molecular complexity index is 1460. The van der Waals surface area contributed by atoms with Gasteiger partial charge < -0.3 is 25.0 Å². The molecule has 1 amide bonds. The van der Waals surface area contributed by atoms with Gasteiger partial charge in [0.25, 0.3) is 5.91 Å². The van der Waals surface area contributed by atoms with Crippen molar-refractivity contribution in [2.45, 2.75) is 96.2 Å². The van der Waals surface area contributed by atoms with E-state index in [1.54, 1.807) is 6.07 Å². The van der Waals surface area contributed by atoms with Crippen LogP contribution in [0.5, 0.6) is 0 Å². The van der Waals surface area contributed by atoms with E-state index in [0.717, 1.165) is 5.56 Å². The zero-order chi connectivity index (χ0) is 31.4. The van der Waals surface area contributed by atoms with E-state index in [-0.39, 0.29) is 29.9 Å². The summed E-state index contributed by atoms with van der Waals surface area (Å²) in [4.78, 5) is 54.8. The van der Waals surface area contributed by atoms with Gasteiger partial charge in [-0.05, 0) is 80.9 Å². The van der Waals surface area contributed by atoms with Crippen molar-refractivity contribution in [1.82, 2.24) is 5.32 Å². The van der Waals surface area contributed by atoms with Crippen molar-refractivity contribution in [3.63, 3.8) is 0 Å². The summed E-state index contributed by atoms with van der Waals surface area (Å²) in [7, 11) is 0. The van der Waals surface area contributed by atoms with Crippen molar-refractivity contribution in [3.8, 4) is 0 Å². The molecule has 44 heavy (non-hydrogen) atoms. The van der Waals surface area contributed by atoms with Crippen LogP contribution in [-0.2, 0) is 23.9 Å². The molecule has 2 saturated heterocycles. The third-order valence-electron chi connectivity index (χ3n) is 12.5. The van der Waals surface area contributed by atoms with E-state index in [2.05, 4.69) is 11.9 Å². The van der Waals surface area contributed by atoms with Gasteiger partial charge in [-0.25, -0.2) is 0 Å². The molecule has 2 aliphatic heterocycles. The molecule has 0 radical (unpaired) electrons. The predicted molar refractivity (Wildman–Crippen MR) is 158 cm³/mol. The number of ketones is 2.